The first kappa shape index (κ1) is 18.4. The van der Waals surface area contributed by atoms with Gasteiger partial charge in [-0.15, -0.1) is 11.3 Å². The van der Waals surface area contributed by atoms with Crippen molar-refractivity contribution in [2.45, 2.75) is 13.0 Å². The van der Waals surface area contributed by atoms with Crippen molar-refractivity contribution in [2.75, 3.05) is 31.6 Å². The largest absolute Gasteiger partial charge is 0.380 e. The van der Waals surface area contributed by atoms with Crippen LogP contribution in [0.15, 0.2) is 30.3 Å². The van der Waals surface area contributed by atoms with Crippen LogP contribution >= 0.6 is 11.3 Å². The van der Waals surface area contributed by atoms with Crippen molar-refractivity contribution < 1.29 is 14.3 Å². The second kappa shape index (κ2) is 8.31. The fourth-order valence-electron chi connectivity index (χ4n) is 2.91. The number of amides is 3. The summed E-state index contributed by atoms with van der Waals surface area (Å²) in [6.45, 7) is 4.47. The van der Waals surface area contributed by atoms with E-state index in [9.17, 15) is 9.59 Å². The van der Waals surface area contributed by atoms with Crippen molar-refractivity contribution in [1.82, 2.24) is 4.90 Å². The maximum atomic E-state index is 11.6. The highest BCUT2D eigenvalue weighted by atomic mass is 32.1. The van der Waals surface area contributed by atoms with Crippen LogP contribution in [0, 0.1) is 0 Å². The second-order valence-electron chi connectivity index (χ2n) is 6.15. The number of carbonyl (C=O) groups excluding carboxylic acids is 2. The topological polar surface area (TPSA) is 111 Å². The maximum Gasteiger partial charge on any atom is 0.317 e. The molecular formula is C18H22N4O3S. The van der Waals surface area contributed by atoms with Crippen LogP contribution in [0.4, 0.5) is 9.80 Å². The Labute approximate surface area is 155 Å². The Balaban J connectivity index is 1.75. The van der Waals surface area contributed by atoms with Crippen LogP contribution in [0.1, 0.15) is 22.3 Å². The van der Waals surface area contributed by atoms with Crippen molar-refractivity contribution >= 4 is 28.3 Å². The molecule has 138 valence electrons. The van der Waals surface area contributed by atoms with Gasteiger partial charge in [-0.3, -0.25) is 15.0 Å². The van der Waals surface area contributed by atoms with Gasteiger partial charge in [-0.25, -0.2) is 4.79 Å². The van der Waals surface area contributed by atoms with Crippen molar-refractivity contribution in [3.63, 3.8) is 0 Å². The quantitative estimate of drug-likeness (QED) is 0.745. The molecule has 0 aliphatic carbocycles. The Morgan fingerprint density at radius 3 is 2.62 bits per heavy atom. The Hall–Kier alpha value is -2.42. The first-order chi connectivity index (χ1) is 12.5. The Bertz CT molecular complexity index is 780. The van der Waals surface area contributed by atoms with Gasteiger partial charge in [0.1, 0.15) is 5.00 Å². The number of nitrogens with zero attached hydrogens (tertiary/aromatic N) is 1. The molecule has 1 fully saturated rings. The molecule has 1 saturated heterocycles. The summed E-state index contributed by atoms with van der Waals surface area (Å²) in [5, 5.41) is 2.82. The summed E-state index contributed by atoms with van der Waals surface area (Å²) in [5.74, 6) is -0.601. The van der Waals surface area contributed by atoms with Crippen LogP contribution in [-0.2, 0) is 11.3 Å². The zero-order valence-electron chi connectivity index (χ0n) is 14.4. The number of thiophene rings is 1. The smallest absolute Gasteiger partial charge is 0.317 e. The molecule has 1 aromatic carbocycles. The Kier molecular flexibility index (Phi) is 5.87. The summed E-state index contributed by atoms with van der Waals surface area (Å²) >= 11 is 1.27. The third-order valence-electron chi connectivity index (χ3n) is 4.19. The number of primary amides is 2. The minimum absolute atomic E-state index is 0.262. The third kappa shape index (κ3) is 4.60. The fourth-order valence-corrected chi connectivity index (χ4v) is 3.98. The molecule has 0 unspecified atom stereocenters. The summed E-state index contributed by atoms with van der Waals surface area (Å²) in [6, 6.07) is 9.12. The van der Waals surface area contributed by atoms with Gasteiger partial charge in [0.05, 0.1) is 12.2 Å². The summed E-state index contributed by atoms with van der Waals surface area (Å²) in [5.41, 5.74) is 13.0. The molecule has 26 heavy (non-hydrogen) atoms. The normalized spacial score (nSPS) is 15.4. The van der Waals surface area contributed by atoms with Crippen LogP contribution in [-0.4, -0.2) is 43.1 Å². The Morgan fingerprint density at radius 2 is 1.92 bits per heavy atom. The van der Waals surface area contributed by atoms with Crippen molar-refractivity contribution in [1.29, 1.82) is 0 Å². The molecule has 1 aliphatic rings. The standard InChI is InChI=1S/C18H22N4O3S/c19-16(23)14-10-15(26-17(14)21-18(20)24)13-4-2-12(3-5-13)11-22-6-1-8-25-9-7-22/h2-5,10H,1,6-9,11H2,(H2,19,23)(H3,20,21,24). The number of anilines is 1. The fraction of sp³-hybridized carbons (Fsp3) is 0.333. The van der Waals surface area contributed by atoms with E-state index in [1.165, 1.54) is 16.9 Å². The van der Waals surface area contributed by atoms with Gasteiger partial charge in [0.2, 0.25) is 0 Å². The highest BCUT2D eigenvalue weighted by Gasteiger charge is 2.16. The molecule has 0 saturated carbocycles. The summed E-state index contributed by atoms with van der Waals surface area (Å²) < 4.78 is 5.48. The van der Waals surface area contributed by atoms with Gasteiger partial charge in [-0.1, -0.05) is 24.3 Å². The van der Waals surface area contributed by atoms with E-state index in [1.54, 1.807) is 6.07 Å². The van der Waals surface area contributed by atoms with E-state index in [0.29, 0.717) is 5.00 Å². The molecule has 0 atom stereocenters. The van der Waals surface area contributed by atoms with Gasteiger partial charge in [0.25, 0.3) is 5.91 Å². The maximum absolute atomic E-state index is 11.6. The van der Waals surface area contributed by atoms with Gasteiger partial charge < -0.3 is 16.2 Å². The molecular weight excluding hydrogens is 352 g/mol. The minimum atomic E-state index is -0.724. The number of hydrogen-bond donors (Lipinski definition) is 3. The highest BCUT2D eigenvalue weighted by Crippen LogP contribution is 2.35. The summed E-state index contributed by atoms with van der Waals surface area (Å²) in [7, 11) is 0. The average Bonchev–Trinajstić information content (AvgIpc) is 2.84. The predicted molar refractivity (Wildman–Crippen MR) is 102 cm³/mol. The molecule has 0 bridgehead atoms. The molecule has 8 heteroatoms. The van der Waals surface area contributed by atoms with Crippen LogP contribution in [0.2, 0.25) is 0 Å². The third-order valence-corrected chi connectivity index (χ3v) is 5.29. The van der Waals surface area contributed by atoms with Crippen LogP contribution < -0.4 is 16.8 Å². The summed E-state index contributed by atoms with van der Waals surface area (Å²) in [4.78, 5) is 25.9. The molecule has 0 spiro atoms. The first-order valence-electron chi connectivity index (χ1n) is 8.42. The van der Waals surface area contributed by atoms with Crippen molar-refractivity contribution in [3.8, 4) is 10.4 Å². The number of nitrogens with two attached hydrogens (primary N) is 2. The number of urea groups is 1. The SMILES string of the molecule is NC(=O)Nc1sc(-c2ccc(CN3CCCOCC3)cc2)cc1C(N)=O. The zero-order valence-corrected chi connectivity index (χ0v) is 15.2. The van der Waals surface area contributed by atoms with E-state index in [0.717, 1.165) is 49.7 Å². The van der Waals surface area contributed by atoms with E-state index in [4.69, 9.17) is 16.2 Å². The van der Waals surface area contributed by atoms with Crippen molar-refractivity contribution in [3.05, 3.63) is 41.5 Å². The number of carbonyl (C=O) groups is 2. The molecule has 2 heterocycles. The predicted octanol–water partition coefficient (Wildman–Crippen LogP) is 2.23. The highest BCUT2D eigenvalue weighted by molar-refractivity contribution is 7.20. The monoisotopic (exact) mass is 374 g/mol. The lowest BCUT2D eigenvalue weighted by molar-refractivity contribution is 0.100. The van der Waals surface area contributed by atoms with E-state index in [-0.39, 0.29) is 5.56 Å². The molecule has 7 nitrogen and oxygen atoms in total. The van der Waals surface area contributed by atoms with Gasteiger partial charge >= 0.3 is 6.03 Å². The van der Waals surface area contributed by atoms with E-state index in [2.05, 4.69) is 22.3 Å². The Morgan fingerprint density at radius 1 is 1.15 bits per heavy atom. The van der Waals surface area contributed by atoms with Crippen molar-refractivity contribution in [2.24, 2.45) is 11.5 Å². The van der Waals surface area contributed by atoms with Crippen LogP contribution in [0.25, 0.3) is 10.4 Å². The van der Waals surface area contributed by atoms with E-state index in [1.807, 2.05) is 12.1 Å². The lowest BCUT2D eigenvalue weighted by Gasteiger charge is -2.19. The number of rotatable bonds is 5. The molecule has 0 radical (unpaired) electrons. The molecule has 3 rings (SSSR count). The number of ether oxygens (including phenoxy) is 1. The van der Waals surface area contributed by atoms with Gasteiger partial charge in [-0.05, 0) is 23.6 Å². The molecule has 5 N–H and O–H groups in total. The number of nitrogens with one attached hydrogen (secondary N) is 1. The van der Waals surface area contributed by atoms with E-state index < -0.39 is 11.9 Å². The van der Waals surface area contributed by atoms with Gasteiger partial charge in [0, 0.05) is 31.1 Å². The van der Waals surface area contributed by atoms with Crippen LogP contribution in [0.5, 0.6) is 0 Å². The first-order valence-corrected chi connectivity index (χ1v) is 9.24. The lowest BCUT2D eigenvalue weighted by Crippen LogP contribution is -2.25. The number of hydrogen-bond acceptors (Lipinski definition) is 5. The minimum Gasteiger partial charge on any atom is -0.380 e. The zero-order chi connectivity index (χ0) is 18.5. The summed E-state index contributed by atoms with van der Waals surface area (Å²) in [6.07, 6.45) is 1.05. The molecule has 1 aromatic heterocycles. The van der Waals surface area contributed by atoms with Gasteiger partial charge in [-0.2, -0.15) is 0 Å². The van der Waals surface area contributed by atoms with E-state index >= 15 is 0 Å². The second-order valence-corrected chi connectivity index (χ2v) is 7.20. The lowest BCUT2D eigenvalue weighted by atomic mass is 10.1. The van der Waals surface area contributed by atoms with Crippen LogP contribution in [0.3, 0.4) is 0 Å². The molecule has 1 aliphatic heterocycles. The van der Waals surface area contributed by atoms with Gasteiger partial charge in [0.15, 0.2) is 0 Å². The molecule has 3 amide bonds. The number of benzene rings is 1. The molecule has 2 aromatic rings. The average molecular weight is 374 g/mol.